The molecule has 1 saturated heterocycles. The Morgan fingerprint density at radius 2 is 1.91 bits per heavy atom. The lowest BCUT2D eigenvalue weighted by Gasteiger charge is -2.35. The summed E-state index contributed by atoms with van der Waals surface area (Å²) in [7, 11) is 0.00839. The second-order valence-electron chi connectivity index (χ2n) is 7.57. The highest BCUT2D eigenvalue weighted by atomic mass is 127. The molecule has 2 aromatic rings. The predicted molar refractivity (Wildman–Crippen MR) is 135 cm³/mol. The zero-order chi connectivity index (χ0) is 22.3. The van der Waals surface area contributed by atoms with E-state index in [0.717, 1.165) is 24.7 Å². The van der Waals surface area contributed by atoms with Crippen LogP contribution < -0.4 is 10.1 Å². The van der Waals surface area contributed by atoms with Gasteiger partial charge in [-0.1, -0.05) is 24.2 Å². The number of piperazine rings is 1. The van der Waals surface area contributed by atoms with Gasteiger partial charge >= 0.3 is 0 Å². The number of aliphatic imine (C=N–C) groups is 1. The summed E-state index contributed by atoms with van der Waals surface area (Å²) in [6.07, 6.45) is 2.34. The number of aromatic nitrogens is 1. The van der Waals surface area contributed by atoms with Crippen LogP contribution in [0.15, 0.2) is 46.1 Å². The van der Waals surface area contributed by atoms with Gasteiger partial charge in [-0.3, -0.25) is 4.99 Å². The monoisotopic (exact) mass is 577 g/mol. The largest absolute Gasteiger partial charge is 0.497 e. The molecule has 0 spiro atoms. The van der Waals surface area contributed by atoms with Crippen molar-refractivity contribution in [3.63, 3.8) is 0 Å². The zero-order valence-corrected chi connectivity index (χ0v) is 21.9. The van der Waals surface area contributed by atoms with E-state index in [1.54, 1.807) is 20.2 Å². The molecule has 1 aromatic carbocycles. The fourth-order valence-electron chi connectivity index (χ4n) is 3.60. The third-order valence-corrected chi connectivity index (χ3v) is 7.32. The maximum absolute atomic E-state index is 12.6. The number of nitrogens with one attached hydrogen (secondary N) is 1. The Balaban J connectivity index is 0.00000363. The van der Waals surface area contributed by atoms with Crippen LogP contribution in [0.1, 0.15) is 30.5 Å². The number of hydrogen-bond acceptors (Lipinski definition) is 6. The van der Waals surface area contributed by atoms with Gasteiger partial charge < -0.3 is 19.5 Å². The lowest BCUT2D eigenvalue weighted by molar-refractivity contribution is 0.259. The van der Waals surface area contributed by atoms with Crippen LogP contribution in [0.5, 0.6) is 5.75 Å². The smallest absolute Gasteiger partial charge is 0.220 e. The molecule has 1 fully saturated rings. The third-order valence-electron chi connectivity index (χ3n) is 5.51. The van der Waals surface area contributed by atoms with Crippen molar-refractivity contribution in [1.82, 2.24) is 19.7 Å². The van der Waals surface area contributed by atoms with E-state index in [9.17, 15) is 8.42 Å². The SMILES string of the molecule is CN=C(NCCC(C)c1ccc(OC)cc1)N1CCN(S(=O)(=O)Cc2ccon2)CC1.I. The molecule has 1 N–H and O–H groups in total. The number of nitrogens with zero attached hydrogens (tertiary/aromatic N) is 4. The molecule has 0 amide bonds. The minimum absolute atomic E-state index is 0. The van der Waals surface area contributed by atoms with E-state index >= 15 is 0 Å². The van der Waals surface area contributed by atoms with Crippen LogP contribution in [0.2, 0.25) is 0 Å². The number of sulfonamides is 1. The van der Waals surface area contributed by atoms with Crippen molar-refractivity contribution in [2.75, 3.05) is 46.9 Å². The average Bonchev–Trinajstić information content (AvgIpc) is 3.29. The van der Waals surface area contributed by atoms with Crippen molar-refractivity contribution in [2.24, 2.45) is 4.99 Å². The van der Waals surface area contributed by atoms with Crippen LogP contribution in [-0.4, -0.2) is 75.6 Å². The molecule has 0 bridgehead atoms. The van der Waals surface area contributed by atoms with E-state index in [4.69, 9.17) is 9.26 Å². The van der Waals surface area contributed by atoms with Crippen molar-refractivity contribution >= 4 is 40.0 Å². The zero-order valence-electron chi connectivity index (χ0n) is 18.7. The Hall–Kier alpha value is -1.86. The van der Waals surface area contributed by atoms with Crippen molar-refractivity contribution in [1.29, 1.82) is 0 Å². The van der Waals surface area contributed by atoms with Crippen LogP contribution >= 0.6 is 24.0 Å². The van der Waals surface area contributed by atoms with Gasteiger partial charge in [0, 0.05) is 45.8 Å². The second-order valence-corrected chi connectivity index (χ2v) is 9.54. The molecule has 11 heteroatoms. The highest BCUT2D eigenvalue weighted by Gasteiger charge is 2.29. The molecular weight excluding hydrogens is 545 g/mol. The van der Waals surface area contributed by atoms with Crippen molar-refractivity contribution in [3.8, 4) is 5.75 Å². The number of rotatable bonds is 8. The van der Waals surface area contributed by atoms with Gasteiger partial charge in [0.05, 0.1) is 12.8 Å². The van der Waals surface area contributed by atoms with Crippen molar-refractivity contribution < 1.29 is 17.7 Å². The molecule has 0 aliphatic carbocycles. The number of halogens is 1. The molecular formula is C21H32IN5O4S. The maximum Gasteiger partial charge on any atom is 0.220 e. The predicted octanol–water partition coefficient (Wildman–Crippen LogP) is 2.52. The standard InChI is InChI=1S/C21H31N5O4S.HI/c1-17(18-4-6-20(29-3)7-5-18)8-10-23-21(22-2)25-11-13-26(14-12-25)31(27,28)16-19-9-15-30-24-19;/h4-7,9,15,17H,8,10-14,16H2,1-3H3,(H,22,23);1H. The summed E-state index contributed by atoms with van der Waals surface area (Å²) in [6.45, 7) is 5.00. The lowest BCUT2D eigenvalue weighted by atomic mass is 9.98. The Kier molecular flexibility index (Phi) is 10.2. The number of benzene rings is 1. The lowest BCUT2D eigenvalue weighted by Crippen LogP contribution is -2.54. The Morgan fingerprint density at radius 3 is 2.47 bits per heavy atom. The molecule has 1 aromatic heterocycles. The number of hydrogen-bond donors (Lipinski definition) is 1. The summed E-state index contributed by atoms with van der Waals surface area (Å²) in [6, 6.07) is 9.73. The van der Waals surface area contributed by atoms with E-state index in [0.29, 0.717) is 37.8 Å². The minimum atomic E-state index is -3.41. The van der Waals surface area contributed by atoms with Gasteiger partial charge in [0.2, 0.25) is 10.0 Å². The average molecular weight is 577 g/mol. The number of guanidine groups is 1. The Labute approximate surface area is 207 Å². The number of methoxy groups -OCH3 is 1. The van der Waals surface area contributed by atoms with E-state index in [1.807, 2.05) is 12.1 Å². The molecule has 0 saturated carbocycles. The van der Waals surface area contributed by atoms with Crippen molar-refractivity contribution in [3.05, 3.63) is 47.9 Å². The van der Waals surface area contributed by atoms with E-state index in [2.05, 4.69) is 39.4 Å². The van der Waals surface area contributed by atoms with E-state index in [-0.39, 0.29) is 29.7 Å². The fraction of sp³-hybridized carbons (Fsp3) is 0.524. The van der Waals surface area contributed by atoms with Gasteiger partial charge in [0.1, 0.15) is 17.8 Å². The van der Waals surface area contributed by atoms with Crippen LogP contribution in [0.3, 0.4) is 0 Å². The van der Waals surface area contributed by atoms with Gasteiger partial charge in [-0.05, 0) is 30.0 Å². The summed E-state index contributed by atoms with van der Waals surface area (Å²) < 4.78 is 36.6. The first-order valence-electron chi connectivity index (χ1n) is 10.4. The maximum atomic E-state index is 12.6. The van der Waals surface area contributed by atoms with Crippen LogP contribution in [0.4, 0.5) is 0 Å². The fourth-order valence-corrected chi connectivity index (χ4v) is 5.03. The molecule has 0 radical (unpaired) electrons. The number of ether oxygens (including phenoxy) is 1. The molecule has 32 heavy (non-hydrogen) atoms. The van der Waals surface area contributed by atoms with Gasteiger partial charge in [0.15, 0.2) is 5.96 Å². The topological polar surface area (TPSA) is 100 Å². The second kappa shape index (κ2) is 12.4. The first-order valence-corrected chi connectivity index (χ1v) is 12.0. The Morgan fingerprint density at radius 1 is 1.22 bits per heavy atom. The van der Waals surface area contributed by atoms with E-state index < -0.39 is 10.0 Å². The molecule has 1 unspecified atom stereocenters. The first-order chi connectivity index (χ1) is 14.9. The Bertz CT molecular complexity index is 943. The normalized spacial score (nSPS) is 16.3. The summed E-state index contributed by atoms with van der Waals surface area (Å²) in [5, 5.41) is 7.12. The van der Waals surface area contributed by atoms with Crippen LogP contribution in [-0.2, 0) is 15.8 Å². The third kappa shape index (κ3) is 7.07. The van der Waals surface area contributed by atoms with Gasteiger partial charge in [-0.25, -0.2) is 8.42 Å². The summed E-state index contributed by atoms with van der Waals surface area (Å²) in [5.41, 5.74) is 1.69. The molecule has 9 nitrogen and oxygen atoms in total. The molecule has 3 rings (SSSR count). The molecule has 178 valence electrons. The molecule has 1 atom stereocenters. The summed E-state index contributed by atoms with van der Waals surface area (Å²) >= 11 is 0. The van der Waals surface area contributed by atoms with E-state index in [1.165, 1.54) is 16.1 Å². The van der Waals surface area contributed by atoms with Gasteiger partial charge in [-0.15, -0.1) is 24.0 Å². The van der Waals surface area contributed by atoms with Crippen LogP contribution in [0.25, 0.3) is 0 Å². The van der Waals surface area contributed by atoms with Crippen LogP contribution in [0, 0.1) is 0 Å². The summed E-state index contributed by atoms with van der Waals surface area (Å²) in [4.78, 5) is 6.47. The quantitative estimate of drug-likeness (QED) is 0.293. The molecule has 1 aliphatic rings. The van der Waals surface area contributed by atoms with Gasteiger partial charge in [-0.2, -0.15) is 4.31 Å². The minimum Gasteiger partial charge on any atom is -0.497 e. The molecule has 2 heterocycles. The van der Waals surface area contributed by atoms with Gasteiger partial charge in [0.25, 0.3) is 0 Å². The highest BCUT2D eigenvalue weighted by Crippen LogP contribution is 2.21. The first kappa shape index (κ1) is 26.4. The molecule has 1 aliphatic heterocycles. The summed E-state index contributed by atoms with van der Waals surface area (Å²) in [5.74, 6) is 1.92. The van der Waals surface area contributed by atoms with Crippen molar-refractivity contribution in [2.45, 2.75) is 25.0 Å². The highest BCUT2D eigenvalue weighted by molar-refractivity contribution is 14.0.